The molecule has 26 heavy (non-hydrogen) atoms. The molecule has 1 amide bonds. The van der Waals surface area contributed by atoms with Crippen molar-refractivity contribution in [2.24, 2.45) is 0 Å². The molecule has 1 heterocycles. The number of hydrogen-bond acceptors (Lipinski definition) is 6. The van der Waals surface area contributed by atoms with E-state index in [0.717, 1.165) is 11.1 Å². The average Bonchev–Trinajstić information content (AvgIpc) is 2.88. The van der Waals surface area contributed by atoms with Crippen LogP contribution in [0, 0.1) is 6.92 Å². The van der Waals surface area contributed by atoms with Gasteiger partial charge in [0, 0.05) is 11.1 Å². The summed E-state index contributed by atoms with van der Waals surface area (Å²) in [7, 11) is -2.15. The van der Waals surface area contributed by atoms with E-state index in [1.165, 1.54) is 36.6 Å². The number of carboxylic acids is 1. The van der Waals surface area contributed by atoms with Crippen LogP contribution in [0.25, 0.3) is 0 Å². The smallest absolute Gasteiger partial charge is 0.339 e. The molecule has 0 spiro atoms. The first kappa shape index (κ1) is 19.9. The van der Waals surface area contributed by atoms with Crippen molar-refractivity contribution < 1.29 is 27.9 Å². The number of carboxylic acid groups (broad SMARTS) is 1. The van der Waals surface area contributed by atoms with Gasteiger partial charge in [-0.3, -0.25) is 4.79 Å². The normalized spacial score (nSPS) is 11.2. The van der Waals surface area contributed by atoms with Crippen molar-refractivity contribution in [3.8, 4) is 5.75 Å². The molecule has 0 aliphatic rings. The van der Waals surface area contributed by atoms with E-state index < -0.39 is 21.7 Å². The SMILES string of the molecule is CCc1c(C)sc(NC(=O)c2cc(S(C)(=O)=O)ccc2OC)c1C(=O)O. The van der Waals surface area contributed by atoms with Gasteiger partial charge in [0.1, 0.15) is 10.8 Å². The molecule has 0 unspecified atom stereocenters. The van der Waals surface area contributed by atoms with Crippen molar-refractivity contribution in [3.05, 3.63) is 39.8 Å². The number of methoxy groups -OCH3 is 1. The lowest BCUT2D eigenvalue weighted by atomic mass is 10.1. The van der Waals surface area contributed by atoms with E-state index >= 15 is 0 Å². The van der Waals surface area contributed by atoms with Crippen LogP contribution >= 0.6 is 11.3 Å². The molecule has 7 nitrogen and oxygen atoms in total. The van der Waals surface area contributed by atoms with E-state index in [1.54, 1.807) is 6.92 Å². The Morgan fingerprint density at radius 3 is 2.46 bits per heavy atom. The highest BCUT2D eigenvalue weighted by atomic mass is 32.2. The standard InChI is InChI=1S/C17H19NO6S2/c1-5-11-9(2)25-16(14(11)17(20)21)18-15(19)12-8-10(26(4,22)23)6-7-13(12)24-3/h6-8H,5H2,1-4H3,(H,18,19)(H,20,21). The van der Waals surface area contributed by atoms with Crippen molar-refractivity contribution in [1.82, 2.24) is 0 Å². The van der Waals surface area contributed by atoms with Crippen molar-refractivity contribution in [2.45, 2.75) is 25.2 Å². The topological polar surface area (TPSA) is 110 Å². The first-order valence-electron chi connectivity index (χ1n) is 7.65. The maximum atomic E-state index is 12.7. The highest BCUT2D eigenvalue weighted by Gasteiger charge is 2.24. The van der Waals surface area contributed by atoms with Crippen LogP contribution in [0.5, 0.6) is 5.75 Å². The van der Waals surface area contributed by atoms with Gasteiger partial charge in [-0.05, 0) is 37.1 Å². The quantitative estimate of drug-likeness (QED) is 0.775. The summed E-state index contributed by atoms with van der Waals surface area (Å²) >= 11 is 1.17. The molecule has 2 rings (SSSR count). The molecule has 0 radical (unpaired) electrons. The lowest BCUT2D eigenvalue weighted by Gasteiger charge is -2.10. The number of nitrogens with one attached hydrogen (secondary N) is 1. The van der Waals surface area contributed by atoms with Crippen LogP contribution in [0.3, 0.4) is 0 Å². The zero-order chi connectivity index (χ0) is 19.6. The zero-order valence-electron chi connectivity index (χ0n) is 14.7. The second-order valence-electron chi connectivity index (χ2n) is 5.59. The van der Waals surface area contributed by atoms with Gasteiger partial charge >= 0.3 is 5.97 Å². The van der Waals surface area contributed by atoms with Gasteiger partial charge in [0.05, 0.1) is 23.1 Å². The number of carbonyl (C=O) groups excluding carboxylic acids is 1. The molecular formula is C17H19NO6S2. The van der Waals surface area contributed by atoms with E-state index in [4.69, 9.17) is 4.74 Å². The van der Waals surface area contributed by atoms with Crippen molar-refractivity contribution in [1.29, 1.82) is 0 Å². The number of amides is 1. The Morgan fingerprint density at radius 2 is 1.96 bits per heavy atom. The van der Waals surface area contributed by atoms with Gasteiger partial charge in [-0.1, -0.05) is 6.92 Å². The van der Waals surface area contributed by atoms with Gasteiger partial charge < -0.3 is 15.2 Å². The fourth-order valence-electron chi connectivity index (χ4n) is 2.58. The Morgan fingerprint density at radius 1 is 1.31 bits per heavy atom. The van der Waals surface area contributed by atoms with Crippen LogP contribution in [0.15, 0.2) is 23.1 Å². The molecule has 140 valence electrons. The number of anilines is 1. The number of rotatable bonds is 6. The number of hydrogen-bond donors (Lipinski definition) is 2. The summed E-state index contributed by atoms with van der Waals surface area (Å²) in [6, 6.07) is 3.95. The third-order valence-electron chi connectivity index (χ3n) is 3.85. The number of sulfone groups is 1. The number of aromatic carboxylic acids is 1. The van der Waals surface area contributed by atoms with E-state index in [0.29, 0.717) is 12.0 Å². The van der Waals surface area contributed by atoms with Crippen LogP contribution in [0.4, 0.5) is 5.00 Å². The van der Waals surface area contributed by atoms with Gasteiger partial charge in [0.15, 0.2) is 9.84 Å². The molecular weight excluding hydrogens is 378 g/mol. The molecule has 1 aromatic heterocycles. The number of carbonyl (C=O) groups is 2. The minimum Gasteiger partial charge on any atom is -0.496 e. The summed E-state index contributed by atoms with van der Waals surface area (Å²) in [6.45, 7) is 3.63. The first-order valence-corrected chi connectivity index (χ1v) is 10.4. The van der Waals surface area contributed by atoms with E-state index in [-0.39, 0.29) is 26.8 Å². The number of ether oxygens (including phenoxy) is 1. The number of thiophene rings is 1. The molecule has 0 fully saturated rings. The van der Waals surface area contributed by atoms with Crippen LogP contribution in [-0.2, 0) is 16.3 Å². The Hall–Kier alpha value is -2.39. The predicted octanol–water partition coefficient (Wildman–Crippen LogP) is 2.98. The third kappa shape index (κ3) is 3.88. The summed E-state index contributed by atoms with van der Waals surface area (Å²) < 4.78 is 28.6. The Balaban J connectivity index is 2.50. The molecule has 0 saturated carbocycles. The Kier molecular flexibility index (Phi) is 5.72. The second kappa shape index (κ2) is 7.46. The Labute approximate surface area is 155 Å². The monoisotopic (exact) mass is 397 g/mol. The fourth-order valence-corrected chi connectivity index (χ4v) is 4.36. The minimum absolute atomic E-state index is 0.0101. The molecule has 1 aromatic carbocycles. The number of aryl methyl sites for hydroxylation is 1. The van der Waals surface area contributed by atoms with Crippen molar-refractivity contribution in [2.75, 3.05) is 18.7 Å². The zero-order valence-corrected chi connectivity index (χ0v) is 16.4. The van der Waals surface area contributed by atoms with Gasteiger partial charge in [-0.15, -0.1) is 11.3 Å². The third-order valence-corrected chi connectivity index (χ3v) is 6.02. The second-order valence-corrected chi connectivity index (χ2v) is 8.83. The van der Waals surface area contributed by atoms with Gasteiger partial charge in [0.2, 0.25) is 0 Å². The fraction of sp³-hybridized carbons (Fsp3) is 0.294. The van der Waals surface area contributed by atoms with Crippen LogP contribution < -0.4 is 10.1 Å². The van der Waals surface area contributed by atoms with Crippen LogP contribution in [0.2, 0.25) is 0 Å². The molecule has 0 aliphatic heterocycles. The molecule has 9 heteroatoms. The molecule has 0 aliphatic carbocycles. The van der Waals surface area contributed by atoms with Gasteiger partial charge in [-0.25, -0.2) is 13.2 Å². The predicted molar refractivity (Wildman–Crippen MR) is 99.5 cm³/mol. The first-order chi connectivity index (χ1) is 12.1. The maximum Gasteiger partial charge on any atom is 0.339 e. The van der Waals surface area contributed by atoms with Crippen LogP contribution in [-0.4, -0.2) is 38.8 Å². The summed E-state index contributed by atoms with van der Waals surface area (Å²) in [4.78, 5) is 25.1. The molecule has 0 bridgehead atoms. The van der Waals surface area contributed by atoms with Crippen LogP contribution in [0.1, 0.15) is 38.1 Å². The molecule has 2 aromatic rings. The summed E-state index contributed by atoms with van der Waals surface area (Å²) in [5.74, 6) is -1.58. The highest BCUT2D eigenvalue weighted by Crippen LogP contribution is 2.34. The summed E-state index contributed by atoms with van der Waals surface area (Å²) in [5.41, 5.74) is 0.729. The lowest BCUT2D eigenvalue weighted by molar-refractivity contribution is 0.0697. The molecule has 0 saturated heterocycles. The summed E-state index contributed by atoms with van der Waals surface area (Å²) in [6.07, 6.45) is 1.56. The van der Waals surface area contributed by atoms with Gasteiger partial charge in [-0.2, -0.15) is 0 Å². The lowest BCUT2D eigenvalue weighted by Crippen LogP contribution is -2.15. The average molecular weight is 397 g/mol. The highest BCUT2D eigenvalue weighted by molar-refractivity contribution is 7.90. The van der Waals surface area contributed by atoms with E-state index in [2.05, 4.69) is 5.32 Å². The number of benzene rings is 1. The summed E-state index contributed by atoms with van der Waals surface area (Å²) in [5, 5.41) is 12.3. The minimum atomic E-state index is -3.51. The molecule has 2 N–H and O–H groups in total. The maximum absolute atomic E-state index is 12.7. The largest absolute Gasteiger partial charge is 0.496 e. The van der Waals surface area contributed by atoms with Gasteiger partial charge in [0.25, 0.3) is 5.91 Å². The van der Waals surface area contributed by atoms with Crippen molar-refractivity contribution in [3.63, 3.8) is 0 Å². The van der Waals surface area contributed by atoms with E-state index in [9.17, 15) is 23.1 Å². The molecule has 0 atom stereocenters. The van der Waals surface area contributed by atoms with Crippen molar-refractivity contribution >= 4 is 38.1 Å². The Bertz CT molecular complexity index is 975. The van der Waals surface area contributed by atoms with E-state index in [1.807, 2.05) is 6.92 Å².